The van der Waals surface area contributed by atoms with Crippen molar-refractivity contribution in [2.75, 3.05) is 19.7 Å². The molecule has 0 saturated carbocycles. The van der Waals surface area contributed by atoms with Crippen LogP contribution in [-0.2, 0) is 0 Å². The van der Waals surface area contributed by atoms with Gasteiger partial charge in [-0.2, -0.15) is 0 Å². The minimum absolute atomic E-state index is 0. The second kappa shape index (κ2) is 9.25. The first-order valence-electron chi connectivity index (χ1n) is 5.38. The summed E-state index contributed by atoms with van der Waals surface area (Å²) in [6, 6.07) is 8.09. The average molecular weight is 242 g/mol. The molecule has 0 aliphatic carbocycles. The summed E-state index contributed by atoms with van der Waals surface area (Å²) in [7, 11) is 0. The van der Waals surface area contributed by atoms with Crippen molar-refractivity contribution in [3.63, 3.8) is 0 Å². The Kier molecular flexibility index (Phi) is 8.68. The Balaban J connectivity index is 0.00000225. The van der Waals surface area contributed by atoms with Crippen LogP contribution in [0.1, 0.15) is 12.5 Å². The van der Waals surface area contributed by atoms with Crippen molar-refractivity contribution in [1.82, 2.24) is 5.32 Å². The lowest BCUT2D eigenvalue weighted by molar-refractivity contribution is 0.362. The van der Waals surface area contributed by atoms with Crippen LogP contribution in [0.4, 0.5) is 0 Å². The number of hydrogen-bond acceptors (Lipinski definition) is 2. The maximum Gasteiger partial charge on any atom is 0.119 e. The van der Waals surface area contributed by atoms with Crippen molar-refractivity contribution in [2.45, 2.75) is 13.8 Å². The zero-order valence-electron chi connectivity index (χ0n) is 9.90. The van der Waals surface area contributed by atoms with Crippen LogP contribution < -0.4 is 10.1 Å². The molecule has 0 saturated heterocycles. The van der Waals surface area contributed by atoms with Gasteiger partial charge in [-0.1, -0.05) is 36.8 Å². The lowest BCUT2D eigenvalue weighted by Crippen LogP contribution is -2.11. The van der Waals surface area contributed by atoms with E-state index < -0.39 is 0 Å². The molecule has 0 aliphatic rings. The van der Waals surface area contributed by atoms with Gasteiger partial charge in [-0.3, -0.25) is 0 Å². The van der Waals surface area contributed by atoms with Crippen molar-refractivity contribution in [3.8, 4) is 5.75 Å². The van der Waals surface area contributed by atoms with Gasteiger partial charge in [-0.15, -0.1) is 12.4 Å². The SMILES string of the molecule is CCNC/C=C/COc1ccc(C)cc1.Cl. The standard InChI is InChI=1S/C13H19NO.ClH/c1-3-14-10-4-5-11-15-13-8-6-12(2)7-9-13;/h4-9,14H,3,10-11H2,1-2H3;1H/b5-4+;. The molecule has 0 fully saturated rings. The van der Waals surface area contributed by atoms with E-state index in [4.69, 9.17) is 4.74 Å². The smallest absolute Gasteiger partial charge is 0.119 e. The van der Waals surface area contributed by atoms with Crippen LogP contribution in [0.15, 0.2) is 36.4 Å². The minimum atomic E-state index is 0. The number of ether oxygens (including phenoxy) is 1. The van der Waals surface area contributed by atoms with Crippen LogP contribution in [0, 0.1) is 6.92 Å². The molecular formula is C13H20ClNO. The predicted molar refractivity (Wildman–Crippen MR) is 71.6 cm³/mol. The zero-order chi connectivity index (χ0) is 10.9. The molecule has 1 aromatic rings. The summed E-state index contributed by atoms with van der Waals surface area (Å²) in [5, 5.41) is 3.21. The quantitative estimate of drug-likeness (QED) is 0.611. The molecule has 16 heavy (non-hydrogen) atoms. The van der Waals surface area contributed by atoms with Crippen molar-refractivity contribution >= 4 is 12.4 Å². The summed E-state index contributed by atoms with van der Waals surface area (Å²) in [6.07, 6.45) is 4.11. The number of likely N-dealkylation sites (N-methyl/N-ethyl adjacent to an activating group) is 1. The Hall–Kier alpha value is -0.990. The number of rotatable bonds is 6. The van der Waals surface area contributed by atoms with Gasteiger partial charge in [0.1, 0.15) is 12.4 Å². The number of halogens is 1. The zero-order valence-corrected chi connectivity index (χ0v) is 10.7. The highest BCUT2D eigenvalue weighted by molar-refractivity contribution is 5.85. The minimum Gasteiger partial charge on any atom is -0.490 e. The summed E-state index contributed by atoms with van der Waals surface area (Å²) in [5.74, 6) is 0.925. The highest BCUT2D eigenvalue weighted by Gasteiger charge is 1.89. The highest BCUT2D eigenvalue weighted by Crippen LogP contribution is 2.10. The first-order valence-corrected chi connectivity index (χ1v) is 5.38. The third-order valence-electron chi connectivity index (χ3n) is 2.05. The first-order chi connectivity index (χ1) is 7.33. The predicted octanol–water partition coefficient (Wildman–Crippen LogP) is 2.96. The molecule has 0 aromatic heterocycles. The highest BCUT2D eigenvalue weighted by atomic mass is 35.5. The van der Waals surface area contributed by atoms with E-state index in [0.29, 0.717) is 6.61 Å². The van der Waals surface area contributed by atoms with Crippen LogP contribution in [0.3, 0.4) is 0 Å². The molecule has 0 amide bonds. The normalized spacial score (nSPS) is 10.1. The summed E-state index contributed by atoms with van der Waals surface area (Å²) in [5.41, 5.74) is 1.25. The number of hydrogen-bond donors (Lipinski definition) is 1. The van der Waals surface area contributed by atoms with Crippen molar-refractivity contribution in [2.24, 2.45) is 0 Å². The summed E-state index contributed by atoms with van der Waals surface area (Å²) >= 11 is 0. The Morgan fingerprint density at radius 2 is 1.88 bits per heavy atom. The van der Waals surface area contributed by atoms with Gasteiger partial charge >= 0.3 is 0 Å². The molecule has 2 nitrogen and oxygen atoms in total. The van der Waals surface area contributed by atoms with E-state index in [2.05, 4.69) is 37.4 Å². The maximum absolute atomic E-state index is 5.53. The lowest BCUT2D eigenvalue weighted by Gasteiger charge is -2.02. The average Bonchev–Trinajstić information content (AvgIpc) is 2.26. The van der Waals surface area contributed by atoms with Crippen molar-refractivity contribution in [1.29, 1.82) is 0 Å². The fourth-order valence-electron chi connectivity index (χ4n) is 1.16. The van der Waals surface area contributed by atoms with E-state index in [1.165, 1.54) is 5.56 Å². The number of aryl methyl sites for hydroxylation is 1. The molecule has 0 heterocycles. The van der Waals surface area contributed by atoms with Gasteiger partial charge in [0.05, 0.1) is 0 Å². The molecule has 0 unspecified atom stereocenters. The van der Waals surface area contributed by atoms with Crippen LogP contribution in [0.5, 0.6) is 5.75 Å². The molecule has 1 N–H and O–H groups in total. The van der Waals surface area contributed by atoms with Gasteiger partial charge in [0.2, 0.25) is 0 Å². The molecule has 3 heteroatoms. The molecule has 1 aromatic carbocycles. The van der Waals surface area contributed by atoms with E-state index in [-0.39, 0.29) is 12.4 Å². The van der Waals surface area contributed by atoms with Gasteiger partial charge < -0.3 is 10.1 Å². The van der Waals surface area contributed by atoms with Gasteiger partial charge in [0, 0.05) is 6.54 Å². The topological polar surface area (TPSA) is 21.3 Å². The maximum atomic E-state index is 5.53. The van der Waals surface area contributed by atoms with Crippen molar-refractivity contribution < 1.29 is 4.74 Å². The molecule has 0 radical (unpaired) electrons. The number of benzene rings is 1. The van der Waals surface area contributed by atoms with Crippen LogP contribution >= 0.6 is 12.4 Å². The van der Waals surface area contributed by atoms with Gasteiger partial charge in [-0.25, -0.2) is 0 Å². The molecule has 1 rings (SSSR count). The molecule has 0 spiro atoms. The summed E-state index contributed by atoms with van der Waals surface area (Å²) in [6.45, 7) is 6.71. The van der Waals surface area contributed by atoms with E-state index in [9.17, 15) is 0 Å². The summed E-state index contributed by atoms with van der Waals surface area (Å²) < 4.78 is 5.53. The van der Waals surface area contributed by atoms with Crippen LogP contribution in [0.2, 0.25) is 0 Å². The third kappa shape index (κ3) is 6.49. The fraction of sp³-hybridized carbons (Fsp3) is 0.385. The monoisotopic (exact) mass is 241 g/mol. The third-order valence-corrected chi connectivity index (χ3v) is 2.05. The molecule has 0 bridgehead atoms. The fourth-order valence-corrected chi connectivity index (χ4v) is 1.16. The van der Waals surface area contributed by atoms with Gasteiger partial charge in [0.15, 0.2) is 0 Å². The molecular weight excluding hydrogens is 222 g/mol. The first kappa shape index (κ1) is 15.0. The Labute approximate surface area is 104 Å². The second-order valence-electron chi connectivity index (χ2n) is 3.40. The van der Waals surface area contributed by atoms with E-state index in [0.717, 1.165) is 18.8 Å². The second-order valence-corrected chi connectivity index (χ2v) is 3.40. The van der Waals surface area contributed by atoms with E-state index >= 15 is 0 Å². The van der Waals surface area contributed by atoms with E-state index in [1.807, 2.05) is 18.2 Å². The molecule has 0 atom stereocenters. The van der Waals surface area contributed by atoms with Crippen molar-refractivity contribution in [3.05, 3.63) is 42.0 Å². The lowest BCUT2D eigenvalue weighted by atomic mass is 10.2. The Bertz CT molecular complexity index is 295. The van der Waals surface area contributed by atoms with E-state index in [1.54, 1.807) is 0 Å². The summed E-state index contributed by atoms with van der Waals surface area (Å²) in [4.78, 5) is 0. The Morgan fingerprint density at radius 3 is 2.50 bits per heavy atom. The van der Waals surface area contributed by atoms with Crippen LogP contribution in [0.25, 0.3) is 0 Å². The van der Waals surface area contributed by atoms with Gasteiger partial charge in [0.25, 0.3) is 0 Å². The molecule has 0 aliphatic heterocycles. The van der Waals surface area contributed by atoms with Crippen LogP contribution in [-0.4, -0.2) is 19.7 Å². The van der Waals surface area contributed by atoms with Gasteiger partial charge in [-0.05, 0) is 25.6 Å². The largest absolute Gasteiger partial charge is 0.490 e. The Morgan fingerprint density at radius 1 is 1.19 bits per heavy atom. The number of nitrogens with one attached hydrogen (secondary N) is 1. The molecule has 90 valence electrons.